The summed E-state index contributed by atoms with van der Waals surface area (Å²) in [5, 5.41) is 8.80. The van der Waals surface area contributed by atoms with E-state index in [0.717, 1.165) is 28.2 Å². The van der Waals surface area contributed by atoms with Crippen molar-refractivity contribution in [2.24, 2.45) is 0 Å². The summed E-state index contributed by atoms with van der Waals surface area (Å²) in [4.78, 5) is 17.4. The second-order valence-corrected chi connectivity index (χ2v) is 6.21. The van der Waals surface area contributed by atoms with Gasteiger partial charge < -0.3 is 14.7 Å². The van der Waals surface area contributed by atoms with Gasteiger partial charge >= 0.3 is 5.97 Å². The first-order chi connectivity index (χ1) is 13.1. The number of rotatable bonds is 7. The average molecular weight is 362 g/mol. The van der Waals surface area contributed by atoms with E-state index in [0.29, 0.717) is 12.3 Å². The molecule has 0 radical (unpaired) electrons. The van der Waals surface area contributed by atoms with Crippen molar-refractivity contribution in [2.75, 3.05) is 19.1 Å². The van der Waals surface area contributed by atoms with Crippen LogP contribution in [0.3, 0.4) is 0 Å². The molecular formula is C22H22N2O3. The predicted octanol–water partition coefficient (Wildman–Crippen LogP) is 4.54. The molecular weight excluding hydrogens is 340 g/mol. The van der Waals surface area contributed by atoms with E-state index in [9.17, 15) is 4.79 Å². The van der Waals surface area contributed by atoms with Crippen LogP contribution in [0.2, 0.25) is 0 Å². The van der Waals surface area contributed by atoms with E-state index >= 15 is 0 Å². The van der Waals surface area contributed by atoms with Crippen LogP contribution in [-0.2, 0) is 11.2 Å². The molecule has 0 saturated heterocycles. The highest BCUT2D eigenvalue weighted by molar-refractivity contribution is 5.71. The molecule has 0 amide bonds. The van der Waals surface area contributed by atoms with Gasteiger partial charge in [-0.2, -0.15) is 0 Å². The minimum atomic E-state index is -0.787. The van der Waals surface area contributed by atoms with Gasteiger partial charge in [-0.3, -0.25) is 4.79 Å². The van der Waals surface area contributed by atoms with Gasteiger partial charge in [0.25, 0.3) is 0 Å². The second-order valence-electron chi connectivity index (χ2n) is 6.21. The highest BCUT2D eigenvalue weighted by atomic mass is 16.5. The molecule has 0 spiro atoms. The molecule has 138 valence electrons. The van der Waals surface area contributed by atoms with Crippen molar-refractivity contribution in [3.63, 3.8) is 0 Å². The number of ether oxygens (including phenoxy) is 1. The molecule has 3 rings (SSSR count). The van der Waals surface area contributed by atoms with Gasteiger partial charge in [-0.05, 0) is 36.2 Å². The zero-order valence-corrected chi connectivity index (χ0v) is 15.4. The van der Waals surface area contributed by atoms with Crippen molar-refractivity contribution >= 4 is 17.3 Å². The summed E-state index contributed by atoms with van der Waals surface area (Å²) in [6.07, 6.45) is 0.657. The Morgan fingerprint density at radius 1 is 1.04 bits per heavy atom. The Balaban J connectivity index is 1.83. The smallest absolute Gasteiger partial charge is 0.303 e. The van der Waals surface area contributed by atoms with Crippen molar-refractivity contribution in [1.29, 1.82) is 0 Å². The van der Waals surface area contributed by atoms with E-state index in [1.54, 1.807) is 7.11 Å². The monoisotopic (exact) mass is 362 g/mol. The number of benzene rings is 2. The van der Waals surface area contributed by atoms with E-state index < -0.39 is 5.97 Å². The van der Waals surface area contributed by atoms with E-state index in [1.165, 1.54) is 0 Å². The summed E-state index contributed by atoms with van der Waals surface area (Å²) in [6.45, 7) is 0. The lowest BCUT2D eigenvalue weighted by atomic mass is 10.1. The third kappa shape index (κ3) is 4.44. The molecule has 0 atom stereocenters. The normalized spacial score (nSPS) is 10.4. The number of aryl methyl sites for hydroxylation is 1. The second kappa shape index (κ2) is 8.36. The Labute approximate surface area is 158 Å². The average Bonchev–Trinajstić information content (AvgIpc) is 2.72. The standard InChI is InChI=1S/C22H22N2O3/c1-24(18-11-8-16(9-12-18)10-15-21(25)26)20-14-13-19(23-22(20)27-2)17-6-4-3-5-7-17/h3-9,11-14H,10,15H2,1-2H3,(H,25,26). The van der Waals surface area contributed by atoms with Gasteiger partial charge in [-0.15, -0.1) is 0 Å². The van der Waals surface area contributed by atoms with Crippen LogP contribution in [0.5, 0.6) is 5.88 Å². The van der Waals surface area contributed by atoms with Crippen molar-refractivity contribution in [2.45, 2.75) is 12.8 Å². The van der Waals surface area contributed by atoms with Gasteiger partial charge in [0, 0.05) is 24.7 Å². The van der Waals surface area contributed by atoms with Gasteiger partial charge in [0.1, 0.15) is 5.69 Å². The van der Waals surface area contributed by atoms with E-state index in [4.69, 9.17) is 9.84 Å². The molecule has 0 bridgehead atoms. The quantitative estimate of drug-likeness (QED) is 0.668. The molecule has 0 aliphatic carbocycles. The van der Waals surface area contributed by atoms with Crippen LogP contribution >= 0.6 is 0 Å². The van der Waals surface area contributed by atoms with E-state index in [-0.39, 0.29) is 6.42 Å². The number of carboxylic acids is 1. The molecule has 0 saturated carbocycles. The molecule has 1 N–H and O–H groups in total. The molecule has 2 aromatic carbocycles. The number of aliphatic carboxylic acids is 1. The van der Waals surface area contributed by atoms with Crippen molar-refractivity contribution in [3.8, 4) is 17.1 Å². The maximum absolute atomic E-state index is 10.7. The lowest BCUT2D eigenvalue weighted by molar-refractivity contribution is -0.136. The fourth-order valence-electron chi connectivity index (χ4n) is 2.88. The molecule has 5 heteroatoms. The molecule has 0 aliphatic rings. The molecule has 1 heterocycles. The van der Waals surface area contributed by atoms with Crippen LogP contribution in [0.15, 0.2) is 66.7 Å². The van der Waals surface area contributed by atoms with Crippen LogP contribution < -0.4 is 9.64 Å². The Morgan fingerprint density at radius 3 is 2.37 bits per heavy atom. The Hall–Kier alpha value is -3.34. The first-order valence-corrected chi connectivity index (χ1v) is 8.73. The summed E-state index contributed by atoms with van der Waals surface area (Å²) in [6, 6.07) is 21.8. The molecule has 0 aliphatic heterocycles. The van der Waals surface area contributed by atoms with E-state index in [1.807, 2.05) is 78.7 Å². The van der Waals surface area contributed by atoms with Crippen LogP contribution in [0, 0.1) is 0 Å². The third-order valence-corrected chi connectivity index (χ3v) is 4.42. The summed E-state index contributed by atoms with van der Waals surface area (Å²) < 4.78 is 5.52. The van der Waals surface area contributed by atoms with Gasteiger partial charge in [0.05, 0.1) is 12.8 Å². The number of aromatic nitrogens is 1. The number of pyridine rings is 1. The van der Waals surface area contributed by atoms with Gasteiger partial charge in [-0.25, -0.2) is 4.98 Å². The fourth-order valence-corrected chi connectivity index (χ4v) is 2.88. The van der Waals surface area contributed by atoms with Crippen molar-refractivity contribution < 1.29 is 14.6 Å². The van der Waals surface area contributed by atoms with Crippen LogP contribution in [-0.4, -0.2) is 30.2 Å². The number of hydrogen-bond acceptors (Lipinski definition) is 4. The maximum atomic E-state index is 10.7. The van der Waals surface area contributed by atoms with Crippen LogP contribution in [0.25, 0.3) is 11.3 Å². The molecule has 3 aromatic rings. The Bertz CT molecular complexity index is 909. The number of hydrogen-bond donors (Lipinski definition) is 1. The predicted molar refractivity (Wildman–Crippen MR) is 107 cm³/mol. The zero-order chi connectivity index (χ0) is 19.2. The maximum Gasteiger partial charge on any atom is 0.303 e. The van der Waals surface area contributed by atoms with Gasteiger partial charge in [-0.1, -0.05) is 42.5 Å². The summed E-state index contributed by atoms with van der Waals surface area (Å²) in [7, 11) is 3.57. The zero-order valence-electron chi connectivity index (χ0n) is 15.4. The van der Waals surface area contributed by atoms with Gasteiger partial charge in [0.2, 0.25) is 5.88 Å². The first kappa shape index (κ1) is 18.5. The van der Waals surface area contributed by atoms with Crippen LogP contribution in [0.1, 0.15) is 12.0 Å². The lowest BCUT2D eigenvalue weighted by Gasteiger charge is -2.22. The summed E-state index contributed by atoms with van der Waals surface area (Å²) >= 11 is 0. The number of carbonyl (C=O) groups is 1. The number of methoxy groups -OCH3 is 1. The van der Waals surface area contributed by atoms with Crippen molar-refractivity contribution in [1.82, 2.24) is 4.98 Å². The van der Waals surface area contributed by atoms with E-state index in [2.05, 4.69) is 4.98 Å². The summed E-state index contributed by atoms with van der Waals surface area (Å²) in [5.74, 6) is -0.237. The summed E-state index contributed by atoms with van der Waals surface area (Å²) in [5.41, 5.74) is 4.72. The fraction of sp³-hybridized carbons (Fsp3) is 0.182. The first-order valence-electron chi connectivity index (χ1n) is 8.73. The molecule has 0 unspecified atom stereocenters. The molecule has 5 nitrogen and oxygen atoms in total. The SMILES string of the molecule is COc1nc(-c2ccccc2)ccc1N(C)c1ccc(CCC(=O)O)cc1. The highest BCUT2D eigenvalue weighted by Crippen LogP contribution is 2.33. The number of anilines is 2. The Morgan fingerprint density at radius 2 is 1.74 bits per heavy atom. The molecule has 1 aromatic heterocycles. The lowest BCUT2D eigenvalue weighted by Crippen LogP contribution is -2.11. The minimum absolute atomic E-state index is 0.133. The van der Waals surface area contributed by atoms with Crippen LogP contribution in [0.4, 0.5) is 11.4 Å². The Kier molecular flexibility index (Phi) is 5.71. The van der Waals surface area contributed by atoms with Gasteiger partial charge in [0.15, 0.2) is 0 Å². The van der Waals surface area contributed by atoms with Crippen molar-refractivity contribution in [3.05, 3.63) is 72.3 Å². The largest absolute Gasteiger partial charge is 0.481 e. The number of carboxylic acid groups (broad SMARTS) is 1. The molecule has 27 heavy (non-hydrogen) atoms. The third-order valence-electron chi connectivity index (χ3n) is 4.42. The number of nitrogens with zero attached hydrogens (tertiary/aromatic N) is 2. The topological polar surface area (TPSA) is 62.7 Å². The minimum Gasteiger partial charge on any atom is -0.481 e. The highest BCUT2D eigenvalue weighted by Gasteiger charge is 2.13. The molecule has 0 fully saturated rings.